The molecule has 0 atom stereocenters. The van der Waals surface area contributed by atoms with E-state index in [4.69, 9.17) is 22.7 Å². The number of nitrogens with one attached hydrogen (secondary N) is 1. The second kappa shape index (κ2) is 5.94. The van der Waals surface area contributed by atoms with Crippen LogP contribution in [0.3, 0.4) is 0 Å². The van der Waals surface area contributed by atoms with Gasteiger partial charge in [0.25, 0.3) is 0 Å². The van der Waals surface area contributed by atoms with Crippen LogP contribution in [-0.2, 0) is 6.54 Å². The summed E-state index contributed by atoms with van der Waals surface area (Å²) in [5, 5.41) is 10.0. The second-order valence-corrected chi connectivity index (χ2v) is 6.89. The van der Waals surface area contributed by atoms with Gasteiger partial charge >= 0.3 is 0 Å². The van der Waals surface area contributed by atoms with E-state index in [1.165, 1.54) is 5.56 Å². The molecule has 0 spiro atoms. The lowest BCUT2D eigenvalue weighted by Crippen LogP contribution is -2.17. The van der Waals surface area contributed by atoms with Crippen LogP contribution in [0.5, 0.6) is 0 Å². The van der Waals surface area contributed by atoms with Crippen molar-refractivity contribution in [1.82, 2.24) is 0 Å². The van der Waals surface area contributed by atoms with E-state index in [1.54, 1.807) is 17.4 Å². The molecule has 0 saturated heterocycles. The number of nitrogens with two attached hydrogens (primary N) is 1. The number of hydrogen-bond donors (Lipinski definition) is 2. The fourth-order valence-corrected chi connectivity index (χ4v) is 3.23. The molecule has 2 rings (SSSR count). The molecule has 2 aromatic rings. The highest BCUT2D eigenvalue weighted by Gasteiger charge is 2.08. The third-order valence-electron chi connectivity index (χ3n) is 2.73. The van der Waals surface area contributed by atoms with Crippen molar-refractivity contribution in [1.29, 1.82) is 5.41 Å². The Morgan fingerprint density at radius 3 is 2.74 bits per heavy atom. The predicted molar refractivity (Wildman–Crippen MR) is 86.6 cm³/mol. The largest absolute Gasteiger partial charge is 0.384 e. The summed E-state index contributed by atoms with van der Waals surface area (Å²) in [6.07, 6.45) is 0. The SMILES string of the molecule is CN(Cc1csc(Br)c1)c1ccc(C(=N)N)c(Cl)c1. The second-order valence-electron chi connectivity index (χ2n) is 4.19. The van der Waals surface area contributed by atoms with Crippen molar-refractivity contribution in [3.8, 4) is 0 Å². The third kappa shape index (κ3) is 3.49. The van der Waals surface area contributed by atoms with Crippen LogP contribution in [0, 0.1) is 5.41 Å². The zero-order chi connectivity index (χ0) is 14.0. The fourth-order valence-electron chi connectivity index (χ4n) is 1.75. The molecular formula is C13H13BrClN3S. The van der Waals surface area contributed by atoms with E-state index in [-0.39, 0.29) is 5.84 Å². The maximum absolute atomic E-state index is 7.41. The van der Waals surface area contributed by atoms with Gasteiger partial charge in [-0.05, 0) is 51.1 Å². The molecule has 0 amide bonds. The lowest BCUT2D eigenvalue weighted by Gasteiger charge is -2.19. The molecule has 0 saturated carbocycles. The first-order valence-corrected chi connectivity index (χ1v) is 7.60. The minimum atomic E-state index is -0.0130. The Morgan fingerprint density at radius 2 is 2.21 bits per heavy atom. The maximum atomic E-state index is 7.41. The monoisotopic (exact) mass is 357 g/mol. The third-order valence-corrected chi connectivity index (χ3v) is 4.59. The highest BCUT2D eigenvalue weighted by molar-refractivity contribution is 9.11. The average molecular weight is 359 g/mol. The van der Waals surface area contributed by atoms with E-state index in [9.17, 15) is 0 Å². The molecular weight excluding hydrogens is 346 g/mol. The van der Waals surface area contributed by atoms with E-state index < -0.39 is 0 Å². The molecule has 19 heavy (non-hydrogen) atoms. The summed E-state index contributed by atoms with van der Waals surface area (Å²) in [5.74, 6) is -0.0130. The summed E-state index contributed by atoms with van der Waals surface area (Å²) in [4.78, 5) is 2.10. The first kappa shape index (κ1) is 14.4. The van der Waals surface area contributed by atoms with Crippen LogP contribution in [0.2, 0.25) is 5.02 Å². The lowest BCUT2D eigenvalue weighted by atomic mass is 10.1. The maximum Gasteiger partial charge on any atom is 0.124 e. The Kier molecular flexibility index (Phi) is 4.50. The molecule has 3 N–H and O–H groups in total. The summed E-state index contributed by atoms with van der Waals surface area (Å²) in [5.41, 5.74) is 8.25. The molecule has 1 aromatic carbocycles. The molecule has 1 aromatic heterocycles. The molecule has 0 fully saturated rings. The minimum Gasteiger partial charge on any atom is -0.384 e. The first-order chi connectivity index (χ1) is 8.97. The van der Waals surface area contributed by atoms with Crippen molar-refractivity contribution < 1.29 is 0 Å². The summed E-state index contributed by atoms with van der Waals surface area (Å²) in [6, 6.07) is 7.64. The predicted octanol–water partition coefficient (Wildman–Crippen LogP) is 4.08. The number of thiophene rings is 1. The molecule has 100 valence electrons. The summed E-state index contributed by atoms with van der Waals surface area (Å²) < 4.78 is 1.13. The van der Waals surface area contributed by atoms with Crippen LogP contribution in [0.4, 0.5) is 5.69 Å². The topological polar surface area (TPSA) is 53.1 Å². The van der Waals surface area contributed by atoms with Gasteiger partial charge in [0, 0.05) is 24.8 Å². The van der Waals surface area contributed by atoms with Crippen molar-refractivity contribution in [3.63, 3.8) is 0 Å². The molecule has 6 heteroatoms. The van der Waals surface area contributed by atoms with Crippen LogP contribution in [0.1, 0.15) is 11.1 Å². The van der Waals surface area contributed by atoms with Crippen LogP contribution in [0.25, 0.3) is 0 Å². The van der Waals surface area contributed by atoms with Crippen molar-refractivity contribution in [2.24, 2.45) is 5.73 Å². The average Bonchev–Trinajstić information content (AvgIpc) is 2.74. The van der Waals surface area contributed by atoms with Crippen LogP contribution in [0.15, 0.2) is 33.4 Å². The Labute approximate surface area is 129 Å². The molecule has 3 nitrogen and oxygen atoms in total. The standard InChI is InChI=1S/C13H13BrClN3S/c1-18(6-8-4-12(14)19-7-8)9-2-3-10(13(16)17)11(15)5-9/h2-5,7H,6H2,1H3,(H3,16,17). The Balaban J connectivity index is 2.17. The highest BCUT2D eigenvalue weighted by atomic mass is 79.9. The van der Waals surface area contributed by atoms with E-state index in [0.717, 1.165) is 16.0 Å². The van der Waals surface area contributed by atoms with Crippen molar-refractivity contribution in [3.05, 3.63) is 49.6 Å². The minimum absolute atomic E-state index is 0.0130. The summed E-state index contributed by atoms with van der Waals surface area (Å²) in [7, 11) is 2.00. The zero-order valence-corrected chi connectivity index (χ0v) is 13.4. The molecule has 0 radical (unpaired) electrons. The quantitative estimate of drug-likeness (QED) is 0.639. The number of amidine groups is 1. The summed E-state index contributed by atoms with van der Waals surface area (Å²) >= 11 is 11.2. The van der Waals surface area contributed by atoms with Crippen LogP contribution < -0.4 is 10.6 Å². The normalized spacial score (nSPS) is 10.5. The lowest BCUT2D eigenvalue weighted by molar-refractivity contribution is 0.927. The van der Waals surface area contributed by atoms with Gasteiger partial charge in [-0.15, -0.1) is 11.3 Å². The number of rotatable bonds is 4. The molecule has 0 bridgehead atoms. The molecule has 1 heterocycles. The van der Waals surface area contributed by atoms with Crippen molar-refractivity contribution in [2.75, 3.05) is 11.9 Å². The molecule has 0 aliphatic heterocycles. The van der Waals surface area contributed by atoms with E-state index in [0.29, 0.717) is 10.6 Å². The van der Waals surface area contributed by atoms with Gasteiger partial charge in [0.2, 0.25) is 0 Å². The molecule has 0 aliphatic carbocycles. The van der Waals surface area contributed by atoms with Gasteiger partial charge in [0.15, 0.2) is 0 Å². The summed E-state index contributed by atoms with van der Waals surface area (Å²) in [6.45, 7) is 0.803. The highest BCUT2D eigenvalue weighted by Crippen LogP contribution is 2.26. The van der Waals surface area contributed by atoms with Crippen molar-refractivity contribution in [2.45, 2.75) is 6.54 Å². The number of anilines is 1. The number of nitrogen functional groups attached to an aromatic ring is 1. The Morgan fingerprint density at radius 1 is 1.47 bits per heavy atom. The molecule has 0 unspecified atom stereocenters. The smallest absolute Gasteiger partial charge is 0.124 e. The number of benzene rings is 1. The van der Waals surface area contributed by atoms with Gasteiger partial charge in [-0.1, -0.05) is 11.6 Å². The van der Waals surface area contributed by atoms with Crippen LogP contribution >= 0.6 is 38.9 Å². The zero-order valence-electron chi connectivity index (χ0n) is 10.3. The number of halogens is 2. The van der Waals surface area contributed by atoms with Gasteiger partial charge in [-0.3, -0.25) is 5.41 Å². The van der Waals surface area contributed by atoms with Crippen molar-refractivity contribution >= 4 is 50.4 Å². The fraction of sp³-hybridized carbons (Fsp3) is 0.154. The van der Waals surface area contributed by atoms with Gasteiger partial charge in [-0.25, -0.2) is 0 Å². The van der Waals surface area contributed by atoms with Gasteiger partial charge < -0.3 is 10.6 Å². The number of nitrogens with zero attached hydrogens (tertiary/aromatic N) is 1. The van der Waals surface area contributed by atoms with E-state index in [1.807, 2.05) is 19.2 Å². The molecule has 0 aliphatic rings. The van der Waals surface area contributed by atoms with Crippen LogP contribution in [-0.4, -0.2) is 12.9 Å². The first-order valence-electron chi connectivity index (χ1n) is 5.55. The number of hydrogen-bond acceptors (Lipinski definition) is 3. The Hall–Kier alpha value is -1.04. The van der Waals surface area contributed by atoms with Gasteiger partial charge in [-0.2, -0.15) is 0 Å². The van der Waals surface area contributed by atoms with E-state index in [2.05, 4.69) is 32.3 Å². The van der Waals surface area contributed by atoms with Gasteiger partial charge in [0.05, 0.1) is 8.81 Å². The van der Waals surface area contributed by atoms with E-state index >= 15 is 0 Å². The Bertz CT molecular complexity index is 612. The van der Waals surface area contributed by atoms with Gasteiger partial charge in [0.1, 0.15) is 5.84 Å².